The smallest absolute Gasteiger partial charge is 0.416 e. The Morgan fingerprint density at radius 2 is 1.89 bits per heavy atom. The first-order chi connectivity index (χ1) is 13.3. The Hall–Kier alpha value is -3.03. The first-order valence-corrected chi connectivity index (χ1v) is 8.55. The number of halogens is 3. The van der Waals surface area contributed by atoms with Crippen molar-refractivity contribution in [2.45, 2.75) is 18.5 Å². The van der Waals surface area contributed by atoms with Crippen molar-refractivity contribution in [2.24, 2.45) is 11.0 Å². The number of rotatable bonds is 6. The number of methoxy groups -OCH3 is 2. The summed E-state index contributed by atoms with van der Waals surface area (Å²) in [5.74, 6) is 0.180. The zero-order valence-corrected chi connectivity index (χ0v) is 15.3. The first kappa shape index (κ1) is 19.7. The van der Waals surface area contributed by atoms with Gasteiger partial charge in [0.15, 0.2) is 11.5 Å². The molecule has 1 fully saturated rings. The number of benzene rings is 2. The Kier molecular flexibility index (Phi) is 5.58. The van der Waals surface area contributed by atoms with E-state index < -0.39 is 11.7 Å². The summed E-state index contributed by atoms with van der Waals surface area (Å²) in [7, 11) is 3.05. The Bertz CT molecular complexity index is 897. The van der Waals surface area contributed by atoms with E-state index in [0.717, 1.165) is 12.1 Å². The second-order valence-corrected chi connectivity index (χ2v) is 6.42. The van der Waals surface area contributed by atoms with Gasteiger partial charge in [-0.05, 0) is 47.7 Å². The number of nitrogens with one attached hydrogen (secondary N) is 1. The van der Waals surface area contributed by atoms with E-state index in [1.165, 1.54) is 26.5 Å². The van der Waals surface area contributed by atoms with Crippen LogP contribution in [0.5, 0.6) is 11.5 Å². The third kappa shape index (κ3) is 4.44. The van der Waals surface area contributed by atoms with Gasteiger partial charge in [-0.3, -0.25) is 4.79 Å². The summed E-state index contributed by atoms with van der Waals surface area (Å²) in [6, 6.07) is 10.3. The van der Waals surface area contributed by atoms with Crippen molar-refractivity contribution in [1.82, 2.24) is 5.43 Å². The van der Waals surface area contributed by atoms with Crippen LogP contribution in [0.15, 0.2) is 47.6 Å². The molecule has 0 unspecified atom stereocenters. The molecule has 28 heavy (non-hydrogen) atoms. The topological polar surface area (TPSA) is 59.9 Å². The van der Waals surface area contributed by atoms with E-state index in [0.29, 0.717) is 29.0 Å². The zero-order valence-electron chi connectivity index (χ0n) is 15.3. The fraction of sp³-hybridized carbons (Fsp3) is 0.300. The molecule has 0 heterocycles. The van der Waals surface area contributed by atoms with Crippen LogP contribution in [0, 0.1) is 5.92 Å². The maximum Gasteiger partial charge on any atom is 0.416 e. The monoisotopic (exact) mass is 392 g/mol. The van der Waals surface area contributed by atoms with E-state index in [1.54, 1.807) is 24.3 Å². The minimum absolute atomic E-state index is 0.224. The number of nitrogens with zero attached hydrogens (tertiary/aromatic N) is 1. The molecule has 0 spiro atoms. The molecule has 3 rings (SSSR count). The molecule has 1 N–H and O–H groups in total. The van der Waals surface area contributed by atoms with Gasteiger partial charge in [0.2, 0.25) is 5.91 Å². The fourth-order valence-corrected chi connectivity index (χ4v) is 2.99. The van der Waals surface area contributed by atoms with Crippen LogP contribution in [0.3, 0.4) is 0 Å². The maximum absolute atomic E-state index is 12.8. The average Bonchev–Trinajstić information content (AvgIpc) is 3.48. The van der Waals surface area contributed by atoms with Gasteiger partial charge in [0.05, 0.1) is 26.0 Å². The largest absolute Gasteiger partial charge is 0.493 e. The highest BCUT2D eigenvalue weighted by atomic mass is 19.4. The molecule has 0 radical (unpaired) electrons. The molecule has 2 atom stereocenters. The standard InChI is InChI=1S/C20H19F3N2O3/c1-27-17-7-6-12(8-18(17)28-2)11-24-25-19(26)16-10-15(16)13-4-3-5-14(9-13)20(21,22)23/h3-9,11,15-16H,10H2,1-2H3,(H,25,26)/b24-11+/t15-,16+/m0/s1. The SMILES string of the molecule is COc1ccc(/C=N/NC(=O)[C@@H]2C[C@H]2c2cccc(C(F)(F)F)c2)cc1OC. The highest BCUT2D eigenvalue weighted by Crippen LogP contribution is 2.48. The summed E-state index contributed by atoms with van der Waals surface area (Å²) in [5, 5.41) is 3.92. The molecule has 1 saturated carbocycles. The molecule has 1 aliphatic carbocycles. The summed E-state index contributed by atoms with van der Waals surface area (Å²) in [6.07, 6.45) is -2.44. The molecule has 148 valence electrons. The number of carbonyl (C=O) groups is 1. The van der Waals surface area contributed by atoms with Crippen LogP contribution in [-0.2, 0) is 11.0 Å². The highest BCUT2D eigenvalue weighted by molar-refractivity contribution is 5.86. The molecule has 2 aromatic rings. The number of hydrazone groups is 1. The number of carbonyl (C=O) groups excluding carboxylic acids is 1. The molecule has 1 amide bonds. The fourth-order valence-electron chi connectivity index (χ4n) is 2.99. The summed E-state index contributed by atoms with van der Waals surface area (Å²) in [5.41, 5.74) is 2.94. The van der Waals surface area contributed by atoms with Crippen LogP contribution in [0.25, 0.3) is 0 Å². The van der Waals surface area contributed by atoms with E-state index in [4.69, 9.17) is 9.47 Å². The molecule has 5 nitrogen and oxygen atoms in total. The number of hydrogen-bond donors (Lipinski definition) is 1. The van der Waals surface area contributed by atoms with Crippen molar-refractivity contribution < 1.29 is 27.4 Å². The van der Waals surface area contributed by atoms with Crippen molar-refractivity contribution in [3.8, 4) is 11.5 Å². The van der Waals surface area contributed by atoms with Crippen molar-refractivity contribution in [3.05, 3.63) is 59.2 Å². The third-order valence-electron chi connectivity index (χ3n) is 4.57. The molecular formula is C20H19F3N2O3. The lowest BCUT2D eigenvalue weighted by atomic mass is 10.1. The van der Waals surface area contributed by atoms with E-state index in [2.05, 4.69) is 10.5 Å². The summed E-state index contributed by atoms with van der Waals surface area (Å²) in [4.78, 5) is 12.2. The minimum atomic E-state index is -4.40. The van der Waals surface area contributed by atoms with Crippen LogP contribution in [0.4, 0.5) is 13.2 Å². The van der Waals surface area contributed by atoms with Crippen LogP contribution in [0.2, 0.25) is 0 Å². The Morgan fingerprint density at radius 1 is 1.14 bits per heavy atom. The van der Waals surface area contributed by atoms with Gasteiger partial charge in [-0.1, -0.05) is 18.2 Å². The molecule has 8 heteroatoms. The molecule has 0 aromatic heterocycles. The van der Waals surface area contributed by atoms with E-state index in [-0.39, 0.29) is 17.7 Å². The van der Waals surface area contributed by atoms with E-state index in [9.17, 15) is 18.0 Å². The van der Waals surface area contributed by atoms with Gasteiger partial charge in [0, 0.05) is 5.92 Å². The number of alkyl halides is 3. The van der Waals surface area contributed by atoms with Crippen molar-refractivity contribution in [3.63, 3.8) is 0 Å². The van der Waals surface area contributed by atoms with E-state index in [1.807, 2.05) is 0 Å². The quantitative estimate of drug-likeness (QED) is 0.598. The number of amides is 1. The summed E-state index contributed by atoms with van der Waals surface area (Å²) < 4.78 is 48.8. The molecule has 0 bridgehead atoms. The van der Waals surface area contributed by atoms with Crippen LogP contribution >= 0.6 is 0 Å². The normalized spacial score (nSPS) is 18.8. The average molecular weight is 392 g/mol. The molecule has 0 aliphatic heterocycles. The molecule has 0 saturated heterocycles. The second kappa shape index (κ2) is 7.92. The van der Waals surface area contributed by atoms with Gasteiger partial charge in [0.25, 0.3) is 0 Å². The highest BCUT2D eigenvalue weighted by Gasteiger charge is 2.44. The summed E-state index contributed by atoms with van der Waals surface area (Å²) >= 11 is 0. The zero-order chi connectivity index (χ0) is 20.3. The van der Waals surface area contributed by atoms with Crippen LogP contribution < -0.4 is 14.9 Å². The van der Waals surface area contributed by atoms with Gasteiger partial charge in [-0.25, -0.2) is 5.43 Å². The van der Waals surface area contributed by atoms with Crippen LogP contribution in [-0.4, -0.2) is 26.3 Å². The van der Waals surface area contributed by atoms with Crippen molar-refractivity contribution in [1.29, 1.82) is 0 Å². The van der Waals surface area contributed by atoms with Gasteiger partial charge in [0.1, 0.15) is 0 Å². The molecule has 1 aliphatic rings. The molecule has 2 aromatic carbocycles. The Balaban J connectivity index is 1.59. The van der Waals surface area contributed by atoms with Gasteiger partial charge in [-0.15, -0.1) is 0 Å². The lowest BCUT2D eigenvalue weighted by Crippen LogP contribution is -2.20. The first-order valence-electron chi connectivity index (χ1n) is 8.55. The predicted molar refractivity (Wildman–Crippen MR) is 97.6 cm³/mol. The Morgan fingerprint density at radius 3 is 2.57 bits per heavy atom. The number of ether oxygens (including phenoxy) is 2. The van der Waals surface area contributed by atoms with Crippen LogP contribution in [0.1, 0.15) is 29.0 Å². The Labute approximate surface area is 160 Å². The van der Waals surface area contributed by atoms with E-state index >= 15 is 0 Å². The predicted octanol–water partition coefficient (Wildman–Crippen LogP) is 3.98. The van der Waals surface area contributed by atoms with Gasteiger partial charge < -0.3 is 9.47 Å². The lowest BCUT2D eigenvalue weighted by Gasteiger charge is -2.08. The number of hydrogen-bond acceptors (Lipinski definition) is 4. The molecular weight excluding hydrogens is 373 g/mol. The van der Waals surface area contributed by atoms with Crippen molar-refractivity contribution >= 4 is 12.1 Å². The maximum atomic E-state index is 12.8. The van der Waals surface area contributed by atoms with Crippen molar-refractivity contribution in [2.75, 3.05) is 14.2 Å². The minimum Gasteiger partial charge on any atom is -0.493 e. The summed E-state index contributed by atoms with van der Waals surface area (Å²) in [6.45, 7) is 0. The third-order valence-corrected chi connectivity index (χ3v) is 4.57. The van der Waals surface area contributed by atoms with Gasteiger partial charge >= 0.3 is 6.18 Å². The second-order valence-electron chi connectivity index (χ2n) is 6.42. The lowest BCUT2D eigenvalue weighted by molar-refractivity contribution is -0.137. The van der Waals surface area contributed by atoms with Gasteiger partial charge in [-0.2, -0.15) is 18.3 Å².